The molecule has 0 aromatic carbocycles. The number of ether oxygens (including phenoxy) is 1. The van der Waals surface area contributed by atoms with Crippen LogP contribution in [0.15, 0.2) is 24.3 Å². The molecule has 156 valence electrons. The zero-order valence-electron chi connectivity index (χ0n) is 16.9. The Labute approximate surface area is 163 Å². The number of hydrogen-bond donors (Lipinski definition) is 2. The number of carbonyl (C=O) groups excluding carboxylic acids is 1. The van der Waals surface area contributed by atoms with Gasteiger partial charge in [-0.1, -0.05) is 50.5 Å². The van der Waals surface area contributed by atoms with Crippen LogP contribution in [0.25, 0.3) is 0 Å². The molecule has 0 aromatic heterocycles. The van der Waals surface area contributed by atoms with Crippen LogP contribution in [0.1, 0.15) is 71.1 Å². The van der Waals surface area contributed by atoms with E-state index in [1.54, 1.807) is 0 Å². The highest BCUT2D eigenvalue weighted by Crippen LogP contribution is 2.40. The number of allylic oxidation sites excluding steroid dienone is 4. The van der Waals surface area contributed by atoms with Crippen LogP contribution in [0, 0.1) is 17.8 Å². The molecule has 2 N–H and O–H groups in total. The maximum absolute atomic E-state index is 13.3. The van der Waals surface area contributed by atoms with Crippen LogP contribution in [0.5, 0.6) is 0 Å². The Kier molecular flexibility index (Phi) is 11.5. The van der Waals surface area contributed by atoms with E-state index in [9.17, 15) is 19.4 Å². The Bertz CT molecular complexity index is 473. The van der Waals surface area contributed by atoms with Crippen LogP contribution in [0.4, 0.5) is 4.39 Å². The fourth-order valence-corrected chi connectivity index (χ4v) is 3.85. The first kappa shape index (κ1) is 23.8. The molecule has 0 aliphatic heterocycles. The molecule has 3 atom stereocenters. The molecular weight excluding hydrogens is 347 g/mol. The predicted molar refractivity (Wildman–Crippen MR) is 106 cm³/mol. The van der Waals surface area contributed by atoms with Gasteiger partial charge in [-0.15, -0.1) is 0 Å². The second-order valence-corrected chi connectivity index (χ2v) is 7.66. The van der Waals surface area contributed by atoms with Gasteiger partial charge in [0.1, 0.15) is 0 Å². The van der Waals surface area contributed by atoms with E-state index in [1.807, 2.05) is 12.2 Å². The van der Waals surface area contributed by atoms with E-state index in [4.69, 9.17) is 0 Å². The Hall–Kier alpha value is -1.20. The average molecular weight is 385 g/mol. The van der Waals surface area contributed by atoms with Crippen molar-refractivity contribution in [3.05, 3.63) is 24.3 Å². The molecule has 1 aliphatic rings. The molecule has 0 saturated heterocycles. The predicted octanol–water partition coefficient (Wildman–Crippen LogP) is 4.71. The van der Waals surface area contributed by atoms with Crippen molar-refractivity contribution in [1.82, 2.24) is 0 Å². The van der Waals surface area contributed by atoms with E-state index in [-0.39, 0.29) is 24.9 Å². The normalized spacial score (nSPS) is 23.5. The molecule has 0 amide bonds. The minimum absolute atomic E-state index is 0.102. The number of aliphatic hydroxyl groups is 2. The van der Waals surface area contributed by atoms with Gasteiger partial charge in [-0.3, -0.25) is 4.39 Å². The highest BCUT2D eigenvalue weighted by molar-refractivity contribution is 5.76. The van der Waals surface area contributed by atoms with Gasteiger partial charge in [0, 0.05) is 6.42 Å². The largest absolute Gasteiger partial charge is 0.465 e. The molecule has 27 heavy (non-hydrogen) atoms. The van der Waals surface area contributed by atoms with E-state index < -0.39 is 11.8 Å². The highest BCUT2D eigenvalue weighted by atomic mass is 19.1. The number of rotatable bonds is 13. The summed E-state index contributed by atoms with van der Waals surface area (Å²) in [6.07, 6.45) is 17.4. The zero-order chi connectivity index (χ0) is 20.1. The standard InChI is InChI=1S/C22H37FO4/c1-3-4-5-6-7-10-13-20-18(14-15-19(20)17-23)12-9-8-11-16-22(25,26)21(24)27-2/h8-10,13,18-20,25-26H,3-7,11-12,14-17H2,1-2H3/b9-8-,13-10+/t18-,19-,20+/m0/s1. The van der Waals surface area contributed by atoms with Crippen LogP contribution in [0.3, 0.4) is 0 Å². The lowest BCUT2D eigenvalue weighted by Gasteiger charge is -2.19. The molecule has 1 fully saturated rings. The lowest BCUT2D eigenvalue weighted by atomic mass is 9.87. The topological polar surface area (TPSA) is 66.8 Å². The molecular formula is C22H37FO4. The minimum atomic E-state index is -2.44. The number of esters is 1. The van der Waals surface area contributed by atoms with Crippen molar-refractivity contribution < 1.29 is 24.1 Å². The molecule has 0 radical (unpaired) electrons. The monoisotopic (exact) mass is 384 g/mol. The molecule has 0 heterocycles. The van der Waals surface area contributed by atoms with Crippen molar-refractivity contribution in [2.24, 2.45) is 17.8 Å². The third-order valence-corrected chi connectivity index (χ3v) is 5.56. The van der Waals surface area contributed by atoms with E-state index in [0.717, 1.165) is 32.8 Å². The van der Waals surface area contributed by atoms with Crippen molar-refractivity contribution in [1.29, 1.82) is 0 Å². The van der Waals surface area contributed by atoms with E-state index in [2.05, 4.69) is 23.8 Å². The quantitative estimate of drug-likeness (QED) is 0.209. The lowest BCUT2D eigenvalue weighted by Crippen LogP contribution is -2.39. The Balaban J connectivity index is 2.42. The fourth-order valence-electron chi connectivity index (χ4n) is 3.85. The van der Waals surface area contributed by atoms with Crippen molar-refractivity contribution in [3.63, 3.8) is 0 Å². The third kappa shape index (κ3) is 8.56. The number of alkyl halides is 1. The molecule has 1 aliphatic carbocycles. The number of methoxy groups -OCH3 is 1. The summed E-state index contributed by atoms with van der Waals surface area (Å²) in [5.41, 5.74) is 0. The Morgan fingerprint density at radius 1 is 1.11 bits per heavy atom. The second-order valence-electron chi connectivity index (χ2n) is 7.66. The number of carbonyl (C=O) groups is 1. The maximum atomic E-state index is 13.3. The van der Waals surface area contributed by atoms with Crippen LogP contribution in [-0.2, 0) is 9.53 Å². The van der Waals surface area contributed by atoms with Crippen molar-refractivity contribution in [2.45, 2.75) is 76.9 Å². The SMILES string of the molecule is CCCCCC/C=C/[C@H]1[C@H](CF)CC[C@@H]1C/C=C\CCC(O)(O)C(=O)OC. The summed E-state index contributed by atoms with van der Waals surface area (Å²) in [4.78, 5) is 11.2. The van der Waals surface area contributed by atoms with E-state index >= 15 is 0 Å². The third-order valence-electron chi connectivity index (χ3n) is 5.56. The Morgan fingerprint density at radius 3 is 2.52 bits per heavy atom. The zero-order valence-corrected chi connectivity index (χ0v) is 16.9. The van der Waals surface area contributed by atoms with Crippen molar-refractivity contribution >= 4 is 5.97 Å². The summed E-state index contributed by atoms with van der Waals surface area (Å²) in [5, 5.41) is 19.1. The van der Waals surface area contributed by atoms with Gasteiger partial charge in [-0.25, -0.2) is 4.79 Å². The van der Waals surface area contributed by atoms with Crippen LogP contribution < -0.4 is 0 Å². The van der Waals surface area contributed by atoms with Crippen LogP contribution in [0.2, 0.25) is 0 Å². The van der Waals surface area contributed by atoms with Crippen molar-refractivity contribution in [3.8, 4) is 0 Å². The van der Waals surface area contributed by atoms with Gasteiger partial charge in [0.2, 0.25) is 0 Å². The summed E-state index contributed by atoms with van der Waals surface area (Å²) in [5.74, 6) is -2.63. The summed E-state index contributed by atoms with van der Waals surface area (Å²) in [6.45, 7) is 1.94. The number of hydrogen-bond acceptors (Lipinski definition) is 4. The molecule has 0 spiro atoms. The maximum Gasteiger partial charge on any atom is 0.366 e. The summed E-state index contributed by atoms with van der Waals surface area (Å²) < 4.78 is 17.7. The van der Waals surface area contributed by atoms with Gasteiger partial charge in [0.25, 0.3) is 5.79 Å². The summed E-state index contributed by atoms with van der Waals surface area (Å²) in [6, 6.07) is 0. The van der Waals surface area contributed by atoms with Gasteiger partial charge < -0.3 is 14.9 Å². The number of unbranched alkanes of at least 4 members (excludes halogenated alkanes) is 4. The van der Waals surface area contributed by atoms with Gasteiger partial charge in [-0.2, -0.15) is 0 Å². The van der Waals surface area contributed by atoms with Gasteiger partial charge in [0.05, 0.1) is 13.8 Å². The highest BCUT2D eigenvalue weighted by Gasteiger charge is 2.34. The first-order valence-electron chi connectivity index (χ1n) is 10.4. The minimum Gasteiger partial charge on any atom is -0.465 e. The van der Waals surface area contributed by atoms with E-state index in [1.165, 1.54) is 25.7 Å². The molecule has 1 rings (SSSR count). The molecule has 1 saturated carbocycles. The first-order chi connectivity index (χ1) is 13.0. The summed E-state index contributed by atoms with van der Waals surface area (Å²) in [7, 11) is 1.12. The van der Waals surface area contributed by atoms with Gasteiger partial charge in [0.15, 0.2) is 0 Å². The summed E-state index contributed by atoms with van der Waals surface area (Å²) >= 11 is 0. The molecule has 0 bridgehead atoms. The molecule has 0 unspecified atom stereocenters. The molecule has 4 nitrogen and oxygen atoms in total. The van der Waals surface area contributed by atoms with Gasteiger partial charge in [-0.05, 0) is 56.3 Å². The average Bonchev–Trinajstić information content (AvgIpc) is 3.05. The first-order valence-corrected chi connectivity index (χ1v) is 10.4. The lowest BCUT2D eigenvalue weighted by molar-refractivity contribution is -0.208. The van der Waals surface area contributed by atoms with Gasteiger partial charge >= 0.3 is 5.97 Å². The molecule has 0 aromatic rings. The van der Waals surface area contributed by atoms with Crippen LogP contribution in [-0.4, -0.2) is 35.8 Å². The smallest absolute Gasteiger partial charge is 0.366 e. The van der Waals surface area contributed by atoms with Crippen LogP contribution >= 0.6 is 0 Å². The number of halogens is 1. The molecule has 5 heteroatoms. The fraction of sp³-hybridized carbons (Fsp3) is 0.773. The van der Waals surface area contributed by atoms with Crippen molar-refractivity contribution in [2.75, 3.05) is 13.8 Å². The second kappa shape index (κ2) is 13.1. The Morgan fingerprint density at radius 2 is 1.85 bits per heavy atom. The van der Waals surface area contributed by atoms with E-state index in [0.29, 0.717) is 12.3 Å².